The largest absolute Gasteiger partial charge is 0.398 e. The third kappa shape index (κ3) is 2.42. The molecule has 17 heavy (non-hydrogen) atoms. The van der Waals surface area contributed by atoms with Crippen LogP contribution in [0, 0.1) is 6.92 Å². The molecule has 2 rings (SSSR count). The predicted octanol–water partition coefficient (Wildman–Crippen LogP) is 0.965. The van der Waals surface area contributed by atoms with Crippen LogP contribution in [0.5, 0.6) is 0 Å². The minimum absolute atomic E-state index is 0.0999. The van der Waals surface area contributed by atoms with Crippen molar-refractivity contribution in [3.05, 3.63) is 29.3 Å². The first kappa shape index (κ1) is 11.9. The van der Waals surface area contributed by atoms with E-state index in [2.05, 4.69) is 11.9 Å². The van der Waals surface area contributed by atoms with E-state index >= 15 is 0 Å². The van der Waals surface area contributed by atoms with E-state index in [4.69, 9.17) is 5.73 Å². The number of rotatable bonds is 1. The number of benzene rings is 1. The van der Waals surface area contributed by atoms with E-state index in [9.17, 15) is 4.79 Å². The van der Waals surface area contributed by atoms with Crippen molar-refractivity contribution in [3.63, 3.8) is 0 Å². The van der Waals surface area contributed by atoms with E-state index in [0.29, 0.717) is 5.69 Å². The van der Waals surface area contributed by atoms with Crippen molar-refractivity contribution in [2.24, 2.45) is 0 Å². The molecule has 0 unspecified atom stereocenters. The minimum atomic E-state index is 0.0999. The zero-order valence-corrected chi connectivity index (χ0v) is 10.4. The predicted molar refractivity (Wildman–Crippen MR) is 69.0 cm³/mol. The van der Waals surface area contributed by atoms with Crippen molar-refractivity contribution in [1.29, 1.82) is 0 Å². The fraction of sp³-hybridized carbons (Fsp3) is 0.462. The number of amides is 1. The fourth-order valence-electron chi connectivity index (χ4n) is 2.07. The first-order chi connectivity index (χ1) is 8.09. The molecule has 1 heterocycles. The Morgan fingerprint density at radius 2 is 1.88 bits per heavy atom. The van der Waals surface area contributed by atoms with Gasteiger partial charge in [-0.1, -0.05) is 6.07 Å². The number of carbonyl (C=O) groups excluding carboxylic acids is 1. The Balaban J connectivity index is 2.17. The summed E-state index contributed by atoms with van der Waals surface area (Å²) in [6.07, 6.45) is 0. The van der Waals surface area contributed by atoms with Crippen LogP contribution in [-0.2, 0) is 0 Å². The number of likely N-dealkylation sites (N-methyl/N-ethyl adjacent to an activating group) is 1. The van der Waals surface area contributed by atoms with E-state index in [0.717, 1.165) is 37.3 Å². The molecule has 0 aromatic heterocycles. The number of carbonyl (C=O) groups is 1. The molecule has 0 radical (unpaired) electrons. The average Bonchev–Trinajstić information content (AvgIpc) is 2.33. The Morgan fingerprint density at radius 1 is 1.24 bits per heavy atom. The Kier molecular flexibility index (Phi) is 3.33. The number of nitrogens with zero attached hydrogens (tertiary/aromatic N) is 2. The van der Waals surface area contributed by atoms with Gasteiger partial charge in [-0.2, -0.15) is 0 Å². The number of hydrogen-bond acceptors (Lipinski definition) is 3. The van der Waals surface area contributed by atoms with Gasteiger partial charge in [-0.15, -0.1) is 0 Å². The lowest BCUT2D eigenvalue weighted by Gasteiger charge is -2.32. The quantitative estimate of drug-likeness (QED) is 0.735. The molecule has 0 atom stereocenters. The van der Waals surface area contributed by atoms with Gasteiger partial charge in [-0.3, -0.25) is 4.79 Å². The maximum absolute atomic E-state index is 12.3. The van der Waals surface area contributed by atoms with Crippen LogP contribution in [0.15, 0.2) is 18.2 Å². The molecule has 1 aromatic rings. The lowest BCUT2D eigenvalue weighted by molar-refractivity contribution is 0.0663. The molecule has 0 bridgehead atoms. The van der Waals surface area contributed by atoms with E-state index in [1.807, 2.05) is 30.0 Å². The highest BCUT2D eigenvalue weighted by molar-refractivity contribution is 5.97. The normalized spacial score (nSPS) is 17.2. The van der Waals surface area contributed by atoms with Crippen LogP contribution in [0.4, 0.5) is 5.69 Å². The van der Waals surface area contributed by atoms with Gasteiger partial charge in [0.05, 0.1) is 0 Å². The summed E-state index contributed by atoms with van der Waals surface area (Å²) < 4.78 is 0. The topological polar surface area (TPSA) is 49.6 Å². The molecule has 4 nitrogen and oxygen atoms in total. The summed E-state index contributed by atoms with van der Waals surface area (Å²) >= 11 is 0. The number of hydrogen-bond donors (Lipinski definition) is 1. The second kappa shape index (κ2) is 4.75. The number of anilines is 1. The van der Waals surface area contributed by atoms with Crippen LogP contribution in [-0.4, -0.2) is 48.9 Å². The molecule has 1 aromatic carbocycles. The van der Waals surface area contributed by atoms with Crippen LogP contribution < -0.4 is 5.73 Å². The molecule has 2 N–H and O–H groups in total. The highest BCUT2D eigenvalue weighted by Crippen LogP contribution is 2.18. The third-order valence-electron chi connectivity index (χ3n) is 3.40. The first-order valence-corrected chi connectivity index (χ1v) is 5.92. The molecule has 1 aliphatic heterocycles. The lowest BCUT2D eigenvalue weighted by atomic mass is 10.1. The van der Waals surface area contributed by atoms with Crippen LogP contribution in [0.2, 0.25) is 0 Å². The summed E-state index contributed by atoms with van der Waals surface area (Å²) in [6.45, 7) is 5.37. The van der Waals surface area contributed by atoms with Gasteiger partial charge in [0.25, 0.3) is 5.91 Å². The van der Waals surface area contributed by atoms with Crippen LogP contribution in [0.1, 0.15) is 15.9 Å². The van der Waals surface area contributed by atoms with Gasteiger partial charge < -0.3 is 15.5 Å². The highest BCUT2D eigenvalue weighted by Gasteiger charge is 2.21. The minimum Gasteiger partial charge on any atom is -0.398 e. The molecule has 1 amide bonds. The van der Waals surface area contributed by atoms with Crippen molar-refractivity contribution in [2.45, 2.75) is 6.92 Å². The van der Waals surface area contributed by atoms with Crippen molar-refractivity contribution in [1.82, 2.24) is 9.80 Å². The highest BCUT2D eigenvalue weighted by atomic mass is 16.2. The number of nitrogens with two attached hydrogens (primary N) is 1. The average molecular weight is 233 g/mol. The van der Waals surface area contributed by atoms with Gasteiger partial charge in [-0.05, 0) is 31.7 Å². The molecule has 4 heteroatoms. The maximum Gasteiger partial charge on any atom is 0.254 e. The van der Waals surface area contributed by atoms with Crippen LogP contribution in [0.3, 0.4) is 0 Å². The SMILES string of the molecule is Cc1c(N)cccc1C(=O)N1CCN(C)CC1. The lowest BCUT2D eigenvalue weighted by Crippen LogP contribution is -2.47. The van der Waals surface area contributed by atoms with Gasteiger partial charge in [0.2, 0.25) is 0 Å². The van der Waals surface area contributed by atoms with E-state index in [1.54, 1.807) is 0 Å². The van der Waals surface area contributed by atoms with Gasteiger partial charge in [0.15, 0.2) is 0 Å². The fourth-order valence-corrected chi connectivity index (χ4v) is 2.07. The third-order valence-corrected chi connectivity index (χ3v) is 3.40. The van der Waals surface area contributed by atoms with Crippen LogP contribution in [0.25, 0.3) is 0 Å². The van der Waals surface area contributed by atoms with E-state index in [1.165, 1.54) is 0 Å². The second-order valence-electron chi connectivity index (χ2n) is 4.62. The summed E-state index contributed by atoms with van der Waals surface area (Å²) in [5.41, 5.74) is 8.13. The standard InChI is InChI=1S/C13H19N3O/c1-10-11(4-3-5-12(10)14)13(17)16-8-6-15(2)7-9-16/h3-5H,6-9,14H2,1-2H3. The Hall–Kier alpha value is -1.55. The van der Waals surface area contributed by atoms with Crippen molar-refractivity contribution < 1.29 is 4.79 Å². The second-order valence-corrected chi connectivity index (χ2v) is 4.62. The van der Waals surface area contributed by atoms with Crippen molar-refractivity contribution in [2.75, 3.05) is 39.0 Å². The smallest absolute Gasteiger partial charge is 0.254 e. The number of nitrogen functional groups attached to an aromatic ring is 1. The summed E-state index contributed by atoms with van der Waals surface area (Å²) in [4.78, 5) is 16.5. The molecular weight excluding hydrogens is 214 g/mol. The Morgan fingerprint density at radius 3 is 2.53 bits per heavy atom. The molecule has 1 fully saturated rings. The molecule has 92 valence electrons. The zero-order chi connectivity index (χ0) is 12.4. The molecule has 1 aliphatic rings. The van der Waals surface area contributed by atoms with Crippen molar-refractivity contribution >= 4 is 11.6 Å². The Bertz CT molecular complexity index is 423. The van der Waals surface area contributed by atoms with Gasteiger partial charge >= 0.3 is 0 Å². The monoisotopic (exact) mass is 233 g/mol. The van der Waals surface area contributed by atoms with E-state index in [-0.39, 0.29) is 5.91 Å². The van der Waals surface area contributed by atoms with Crippen LogP contribution >= 0.6 is 0 Å². The van der Waals surface area contributed by atoms with Gasteiger partial charge in [0, 0.05) is 37.4 Å². The Labute approximate surface area is 102 Å². The molecule has 0 saturated carbocycles. The molecule has 0 aliphatic carbocycles. The molecule has 1 saturated heterocycles. The van der Waals surface area contributed by atoms with Gasteiger partial charge in [0.1, 0.15) is 0 Å². The van der Waals surface area contributed by atoms with E-state index < -0.39 is 0 Å². The summed E-state index contributed by atoms with van der Waals surface area (Å²) in [5.74, 6) is 0.0999. The first-order valence-electron chi connectivity index (χ1n) is 5.92. The molecule has 0 spiro atoms. The summed E-state index contributed by atoms with van der Waals surface area (Å²) in [6, 6.07) is 5.52. The molecular formula is C13H19N3O. The van der Waals surface area contributed by atoms with Crippen molar-refractivity contribution in [3.8, 4) is 0 Å². The summed E-state index contributed by atoms with van der Waals surface area (Å²) in [7, 11) is 2.08. The van der Waals surface area contributed by atoms with Gasteiger partial charge in [-0.25, -0.2) is 0 Å². The zero-order valence-electron chi connectivity index (χ0n) is 10.4. The number of piperazine rings is 1. The summed E-state index contributed by atoms with van der Waals surface area (Å²) in [5, 5.41) is 0. The maximum atomic E-state index is 12.3.